The first-order valence-electron chi connectivity index (χ1n) is 5.36. The Balaban J connectivity index is 2.59. The summed E-state index contributed by atoms with van der Waals surface area (Å²) in [6.07, 6.45) is 1.72. The molecule has 4 heteroatoms. The number of aromatic nitrogens is 1. The Bertz CT molecular complexity index is 374. The van der Waals surface area contributed by atoms with E-state index in [4.69, 9.17) is 5.73 Å². The van der Waals surface area contributed by atoms with E-state index in [-0.39, 0.29) is 5.91 Å². The molecule has 0 unspecified atom stereocenters. The molecule has 0 saturated carbocycles. The van der Waals surface area contributed by atoms with E-state index in [1.807, 2.05) is 32.9 Å². The van der Waals surface area contributed by atoms with Crippen molar-refractivity contribution in [1.29, 1.82) is 0 Å². The molecular weight excluding hydrogens is 202 g/mol. The number of nitrogens with two attached hydrogens (primary N) is 1. The molecule has 0 aliphatic heterocycles. The van der Waals surface area contributed by atoms with Gasteiger partial charge in [0.05, 0.1) is 17.7 Å². The van der Waals surface area contributed by atoms with Crippen LogP contribution in [0.3, 0.4) is 0 Å². The third-order valence-electron chi connectivity index (χ3n) is 2.66. The topological polar surface area (TPSA) is 68.0 Å². The lowest BCUT2D eigenvalue weighted by molar-refractivity contribution is -0.129. The van der Waals surface area contributed by atoms with E-state index in [1.165, 1.54) is 0 Å². The van der Waals surface area contributed by atoms with Crippen molar-refractivity contribution in [3.05, 3.63) is 29.6 Å². The zero-order valence-electron chi connectivity index (χ0n) is 10.1. The number of carbonyl (C=O) groups excluding carboxylic acids is 1. The highest BCUT2D eigenvalue weighted by Crippen LogP contribution is 2.12. The van der Waals surface area contributed by atoms with Crippen molar-refractivity contribution in [3.63, 3.8) is 0 Å². The van der Waals surface area contributed by atoms with Gasteiger partial charge in [-0.1, -0.05) is 6.07 Å². The van der Waals surface area contributed by atoms with Crippen molar-refractivity contribution in [2.75, 3.05) is 6.54 Å². The van der Waals surface area contributed by atoms with E-state index in [9.17, 15) is 4.79 Å². The lowest BCUT2D eigenvalue weighted by Crippen LogP contribution is -2.41. The van der Waals surface area contributed by atoms with Crippen molar-refractivity contribution < 1.29 is 4.79 Å². The van der Waals surface area contributed by atoms with Crippen LogP contribution in [-0.2, 0) is 11.3 Å². The van der Waals surface area contributed by atoms with Crippen LogP contribution in [0.25, 0.3) is 0 Å². The second-order valence-corrected chi connectivity index (χ2v) is 4.54. The summed E-state index contributed by atoms with van der Waals surface area (Å²) in [5.41, 5.74) is 6.97. The summed E-state index contributed by atoms with van der Waals surface area (Å²) in [6.45, 7) is 6.42. The zero-order valence-corrected chi connectivity index (χ0v) is 10.1. The Morgan fingerprint density at radius 2 is 2.25 bits per heavy atom. The molecule has 0 aliphatic rings. The van der Waals surface area contributed by atoms with Crippen molar-refractivity contribution >= 4 is 5.91 Å². The average molecular weight is 221 g/mol. The molecule has 1 aromatic heterocycles. The van der Waals surface area contributed by atoms with E-state index >= 15 is 0 Å². The lowest BCUT2D eigenvalue weighted by Gasteiger charge is -2.21. The Morgan fingerprint density at radius 1 is 1.56 bits per heavy atom. The molecule has 0 radical (unpaired) electrons. The standard InChI is InChI=1S/C12H19N3O/c1-9-5-4-6-14-10(9)7-15-11(16)12(2,3)8-13/h4-6H,7-8,13H2,1-3H3,(H,15,16). The summed E-state index contributed by atoms with van der Waals surface area (Å²) in [5.74, 6) is -0.0416. The first-order valence-corrected chi connectivity index (χ1v) is 5.36. The van der Waals surface area contributed by atoms with E-state index < -0.39 is 5.41 Å². The summed E-state index contributed by atoms with van der Waals surface area (Å²) in [6, 6.07) is 3.85. The number of rotatable bonds is 4. The molecule has 0 aromatic carbocycles. The van der Waals surface area contributed by atoms with E-state index in [2.05, 4.69) is 10.3 Å². The second-order valence-electron chi connectivity index (χ2n) is 4.54. The monoisotopic (exact) mass is 221 g/mol. The maximum absolute atomic E-state index is 11.8. The van der Waals surface area contributed by atoms with Crippen LogP contribution < -0.4 is 11.1 Å². The van der Waals surface area contributed by atoms with Crippen LogP contribution in [0.5, 0.6) is 0 Å². The van der Waals surface area contributed by atoms with Gasteiger partial charge in [-0.3, -0.25) is 9.78 Å². The van der Waals surface area contributed by atoms with Crippen LogP contribution in [0, 0.1) is 12.3 Å². The second kappa shape index (κ2) is 5.07. The van der Waals surface area contributed by atoms with Gasteiger partial charge in [0.1, 0.15) is 0 Å². The Labute approximate surface area is 96.3 Å². The molecule has 0 saturated heterocycles. The van der Waals surface area contributed by atoms with Crippen molar-refractivity contribution in [3.8, 4) is 0 Å². The van der Waals surface area contributed by atoms with E-state index in [0.717, 1.165) is 11.3 Å². The quantitative estimate of drug-likeness (QED) is 0.796. The van der Waals surface area contributed by atoms with Crippen LogP contribution in [0.1, 0.15) is 25.1 Å². The molecule has 1 amide bonds. The molecule has 0 spiro atoms. The van der Waals surface area contributed by atoms with Gasteiger partial charge in [-0.15, -0.1) is 0 Å². The molecule has 0 bridgehead atoms. The Morgan fingerprint density at radius 3 is 2.81 bits per heavy atom. The summed E-state index contributed by atoms with van der Waals surface area (Å²) < 4.78 is 0. The largest absolute Gasteiger partial charge is 0.350 e. The molecule has 16 heavy (non-hydrogen) atoms. The first-order chi connectivity index (χ1) is 7.47. The highest BCUT2D eigenvalue weighted by molar-refractivity contribution is 5.81. The summed E-state index contributed by atoms with van der Waals surface area (Å²) in [5, 5.41) is 2.85. The smallest absolute Gasteiger partial charge is 0.227 e. The molecule has 0 fully saturated rings. The highest BCUT2D eigenvalue weighted by atomic mass is 16.2. The fourth-order valence-corrected chi connectivity index (χ4v) is 1.20. The number of nitrogens with zero attached hydrogens (tertiary/aromatic N) is 1. The maximum atomic E-state index is 11.8. The Kier molecular flexibility index (Phi) is 4.01. The van der Waals surface area contributed by atoms with E-state index in [1.54, 1.807) is 6.20 Å². The highest BCUT2D eigenvalue weighted by Gasteiger charge is 2.25. The van der Waals surface area contributed by atoms with Gasteiger partial charge in [-0.05, 0) is 32.4 Å². The Hall–Kier alpha value is -1.42. The lowest BCUT2D eigenvalue weighted by atomic mass is 9.93. The SMILES string of the molecule is Cc1cccnc1CNC(=O)C(C)(C)CN. The van der Waals surface area contributed by atoms with Crippen LogP contribution >= 0.6 is 0 Å². The predicted octanol–water partition coefficient (Wildman–Crippen LogP) is 0.991. The third-order valence-corrected chi connectivity index (χ3v) is 2.66. The summed E-state index contributed by atoms with van der Waals surface area (Å²) >= 11 is 0. The van der Waals surface area contributed by atoms with Crippen LogP contribution in [0.4, 0.5) is 0 Å². The number of pyridine rings is 1. The van der Waals surface area contributed by atoms with Crippen molar-refractivity contribution in [1.82, 2.24) is 10.3 Å². The number of hydrogen-bond acceptors (Lipinski definition) is 3. The summed E-state index contributed by atoms with van der Waals surface area (Å²) in [7, 11) is 0. The van der Waals surface area contributed by atoms with Gasteiger partial charge in [0.2, 0.25) is 5.91 Å². The number of nitrogens with one attached hydrogen (secondary N) is 1. The fourth-order valence-electron chi connectivity index (χ4n) is 1.20. The third kappa shape index (κ3) is 3.03. The van der Waals surface area contributed by atoms with Gasteiger partial charge >= 0.3 is 0 Å². The number of carbonyl (C=O) groups is 1. The normalized spacial score (nSPS) is 11.2. The van der Waals surface area contributed by atoms with Gasteiger partial charge in [0.25, 0.3) is 0 Å². The number of amides is 1. The molecule has 1 rings (SSSR count). The molecule has 1 heterocycles. The van der Waals surface area contributed by atoms with Crippen LogP contribution in [0.15, 0.2) is 18.3 Å². The average Bonchev–Trinajstić information content (AvgIpc) is 2.27. The minimum absolute atomic E-state index is 0.0416. The molecule has 3 N–H and O–H groups in total. The fraction of sp³-hybridized carbons (Fsp3) is 0.500. The van der Waals surface area contributed by atoms with Gasteiger partial charge < -0.3 is 11.1 Å². The van der Waals surface area contributed by atoms with Crippen LogP contribution in [0.2, 0.25) is 0 Å². The molecular formula is C12H19N3O. The predicted molar refractivity (Wildman–Crippen MR) is 63.7 cm³/mol. The van der Waals surface area contributed by atoms with E-state index in [0.29, 0.717) is 13.1 Å². The number of hydrogen-bond donors (Lipinski definition) is 2. The van der Waals surface area contributed by atoms with Gasteiger partial charge in [0, 0.05) is 12.7 Å². The van der Waals surface area contributed by atoms with Gasteiger partial charge in [-0.2, -0.15) is 0 Å². The summed E-state index contributed by atoms with van der Waals surface area (Å²) in [4.78, 5) is 16.0. The van der Waals surface area contributed by atoms with Crippen LogP contribution in [-0.4, -0.2) is 17.4 Å². The molecule has 0 atom stereocenters. The molecule has 88 valence electrons. The maximum Gasteiger partial charge on any atom is 0.227 e. The molecule has 1 aromatic rings. The minimum atomic E-state index is -0.525. The van der Waals surface area contributed by atoms with Crippen molar-refractivity contribution in [2.45, 2.75) is 27.3 Å². The number of aryl methyl sites for hydroxylation is 1. The van der Waals surface area contributed by atoms with Gasteiger partial charge in [-0.25, -0.2) is 0 Å². The molecule has 0 aliphatic carbocycles. The molecule has 4 nitrogen and oxygen atoms in total. The van der Waals surface area contributed by atoms with Crippen molar-refractivity contribution in [2.24, 2.45) is 11.1 Å². The zero-order chi connectivity index (χ0) is 12.2. The van der Waals surface area contributed by atoms with Gasteiger partial charge in [0.15, 0.2) is 0 Å². The first kappa shape index (κ1) is 12.6. The minimum Gasteiger partial charge on any atom is -0.350 e.